The van der Waals surface area contributed by atoms with E-state index in [0.717, 1.165) is 80.7 Å². The lowest BCUT2D eigenvalue weighted by atomic mass is 10.0. The third-order valence-corrected chi connectivity index (χ3v) is 7.12. The molecule has 0 aliphatic carbocycles. The first kappa shape index (κ1) is 23.7. The molecule has 0 spiro atoms. The van der Waals surface area contributed by atoms with Crippen LogP contribution in [0.1, 0.15) is 25.3 Å². The predicted octanol–water partition coefficient (Wildman–Crippen LogP) is 2.81. The lowest BCUT2D eigenvalue weighted by Gasteiger charge is -2.36. The normalized spacial score (nSPS) is 17.4. The number of anilines is 3. The summed E-state index contributed by atoms with van der Waals surface area (Å²) < 4.78 is 5.62. The number of piperidine rings is 1. The highest BCUT2D eigenvalue weighted by Gasteiger charge is 2.27. The van der Waals surface area contributed by atoms with Crippen LogP contribution < -0.4 is 14.7 Å². The van der Waals surface area contributed by atoms with Gasteiger partial charge in [-0.2, -0.15) is 4.98 Å². The minimum atomic E-state index is 0.603. The molecule has 186 valence electrons. The number of hydrogen-bond donors (Lipinski definition) is 0. The Hall–Kier alpha value is -3.04. The summed E-state index contributed by atoms with van der Waals surface area (Å²) in [7, 11) is 4.33. The average molecular weight is 477 g/mol. The van der Waals surface area contributed by atoms with Crippen LogP contribution in [0.4, 0.5) is 17.6 Å². The summed E-state index contributed by atoms with van der Waals surface area (Å²) in [6, 6.07) is 11.1. The molecule has 0 atom stereocenters. The SMILES string of the molecule is CCN(Cc1ccccc1)c1ncnc2c(N3CCOCC3)nc(N3CCC(N(C)C)CC3)nc12. The summed E-state index contributed by atoms with van der Waals surface area (Å²) in [5.41, 5.74) is 2.89. The van der Waals surface area contributed by atoms with E-state index in [-0.39, 0.29) is 0 Å². The number of benzene rings is 1. The smallest absolute Gasteiger partial charge is 0.228 e. The van der Waals surface area contributed by atoms with Crippen molar-refractivity contribution >= 4 is 28.6 Å². The van der Waals surface area contributed by atoms with Crippen molar-refractivity contribution in [3.8, 4) is 0 Å². The zero-order chi connectivity index (χ0) is 24.2. The van der Waals surface area contributed by atoms with E-state index in [1.807, 2.05) is 6.07 Å². The molecule has 35 heavy (non-hydrogen) atoms. The maximum atomic E-state index is 5.62. The zero-order valence-corrected chi connectivity index (χ0v) is 21.1. The minimum Gasteiger partial charge on any atom is -0.378 e. The predicted molar refractivity (Wildman–Crippen MR) is 140 cm³/mol. The summed E-state index contributed by atoms with van der Waals surface area (Å²) in [5, 5.41) is 0. The summed E-state index contributed by atoms with van der Waals surface area (Å²) in [5.74, 6) is 2.54. The largest absolute Gasteiger partial charge is 0.378 e. The molecule has 9 nitrogen and oxygen atoms in total. The molecule has 0 unspecified atom stereocenters. The quantitative estimate of drug-likeness (QED) is 0.512. The van der Waals surface area contributed by atoms with Crippen LogP contribution >= 0.6 is 0 Å². The van der Waals surface area contributed by atoms with Crippen LogP contribution in [0.25, 0.3) is 11.0 Å². The molecule has 2 fully saturated rings. The Balaban J connectivity index is 1.56. The van der Waals surface area contributed by atoms with Crippen molar-refractivity contribution < 1.29 is 4.74 Å². The van der Waals surface area contributed by atoms with Gasteiger partial charge in [-0.1, -0.05) is 30.3 Å². The van der Waals surface area contributed by atoms with Gasteiger partial charge in [-0.3, -0.25) is 0 Å². The van der Waals surface area contributed by atoms with Gasteiger partial charge in [0, 0.05) is 45.3 Å². The fraction of sp³-hybridized carbons (Fsp3) is 0.538. The van der Waals surface area contributed by atoms with Gasteiger partial charge in [0.2, 0.25) is 5.95 Å². The maximum absolute atomic E-state index is 5.62. The molecule has 2 aromatic heterocycles. The lowest BCUT2D eigenvalue weighted by Crippen LogP contribution is -2.43. The van der Waals surface area contributed by atoms with Crippen molar-refractivity contribution in [2.45, 2.75) is 32.4 Å². The Bertz CT molecular complexity index is 1110. The van der Waals surface area contributed by atoms with Crippen molar-refractivity contribution in [3.05, 3.63) is 42.2 Å². The monoisotopic (exact) mass is 476 g/mol. The third-order valence-electron chi connectivity index (χ3n) is 7.12. The lowest BCUT2D eigenvalue weighted by molar-refractivity contribution is 0.122. The molecule has 0 radical (unpaired) electrons. The first-order valence-electron chi connectivity index (χ1n) is 12.7. The molecule has 3 aromatic rings. The standard InChI is InChI=1S/C26H36N8O/c1-4-32(18-20-8-6-5-7-9-20)24-23-22(27-19-28-24)25(33-14-16-35-17-15-33)30-26(29-23)34-12-10-21(11-13-34)31(2)3/h5-9,19,21H,4,10-18H2,1-3H3. The molecule has 0 saturated carbocycles. The third kappa shape index (κ3) is 5.16. The Morgan fingerprint density at radius 2 is 1.66 bits per heavy atom. The van der Waals surface area contributed by atoms with E-state index in [0.29, 0.717) is 19.3 Å². The second kappa shape index (κ2) is 10.7. The van der Waals surface area contributed by atoms with Crippen molar-refractivity contribution in [1.82, 2.24) is 24.8 Å². The van der Waals surface area contributed by atoms with Gasteiger partial charge >= 0.3 is 0 Å². The van der Waals surface area contributed by atoms with Crippen molar-refractivity contribution in [2.24, 2.45) is 0 Å². The molecule has 4 heterocycles. The summed E-state index contributed by atoms with van der Waals surface area (Å²) in [6.07, 6.45) is 3.87. The van der Waals surface area contributed by atoms with Crippen LogP contribution in [-0.4, -0.2) is 90.9 Å². The van der Waals surface area contributed by atoms with Crippen LogP contribution in [0.2, 0.25) is 0 Å². The van der Waals surface area contributed by atoms with E-state index in [1.165, 1.54) is 5.56 Å². The minimum absolute atomic E-state index is 0.603. The average Bonchev–Trinajstić information content (AvgIpc) is 2.92. The van der Waals surface area contributed by atoms with Gasteiger partial charge in [0.15, 0.2) is 11.6 Å². The molecule has 1 aromatic carbocycles. The first-order chi connectivity index (χ1) is 17.1. The fourth-order valence-electron chi connectivity index (χ4n) is 5.00. The molecule has 2 saturated heterocycles. The molecule has 0 N–H and O–H groups in total. The van der Waals surface area contributed by atoms with Crippen LogP contribution in [0.3, 0.4) is 0 Å². The molecule has 2 aliphatic rings. The number of rotatable bonds is 7. The van der Waals surface area contributed by atoms with E-state index in [9.17, 15) is 0 Å². The summed E-state index contributed by atoms with van der Waals surface area (Å²) in [6.45, 7) is 8.64. The van der Waals surface area contributed by atoms with Gasteiger partial charge in [-0.25, -0.2) is 15.0 Å². The number of morpholine rings is 1. The molecule has 0 bridgehead atoms. The van der Waals surface area contributed by atoms with Crippen molar-refractivity contribution in [1.29, 1.82) is 0 Å². The van der Waals surface area contributed by atoms with E-state index >= 15 is 0 Å². The van der Waals surface area contributed by atoms with Gasteiger partial charge < -0.3 is 24.3 Å². The molecule has 9 heteroatoms. The van der Waals surface area contributed by atoms with Gasteiger partial charge in [0.1, 0.15) is 17.4 Å². The van der Waals surface area contributed by atoms with Crippen molar-refractivity contribution in [2.75, 3.05) is 74.7 Å². The number of fused-ring (bicyclic) bond motifs is 1. The Labute approximate surface area is 207 Å². The van der Waals surface area contributed by atoms with E-state index in [1.54, 1.807) is 6.33 Å². The fourth-order valence-corrected chi connectivity index (χ4v) is 5.00. The Morgan fingerprint density at radius 1 is 0.914 bits per heavy atom. The molecular weight excluding hydrogens is 440 g/mol. The molecule has 5 rings (SSSR count). The highest BCUT2D eigenvalue weighted by Crippen LogP contribution is 2.32. The van der Waals surface area contributed by atoms with Crippen molar-refractivity contribution in [3.63, 3.8) is 0 Å². The van der Waals surface area contributed by atoms with Crippen LogP contribution in [0.5, 0.6) is 0 Å². The number of aromatic nitrogens is 4. The van der Waals surface area contributed by atoms with Gasteiger partial charge in [-0.05, 0) is 39.4 Å². The topological polar surface area (TPSA) is 73.8 Å². The molecule has 2 aliphatic heterocycles. The highest BCUT2D eigenvalue weighted by atomic mass is 16.5. The van der Waals surface area contributed by atoms with Gasteiger partial charge in [0.05, 0.1) is 13.2 Å². The number of nitrogens with zero attached hydrogens (tertiary/aromatic N) is 8. The Kier molecular flexibility index (Phi) is 7.24. The first-order valence-corrected chi connectivity index (χ1v) is 12.7. The van der Waals surface area contributed by atoms with E-state index in [2.05, 4.69) is 64.9 Å². The van der Waals surface area contributed by atoms with Crippen LogP contribution in [-0.2, 0) is 11.3 Å². The van der Waals surface area contributed by atoms with E-state index < -0.39 is 0 Å². The molecule has 0 amide bonds. The second-order valence-electron chi connectivity index (χ2n) is 9.52. The maximum Gasteiger partial charge on any atom is 0.228 e. The number of hydrogen-bond acceptors (Lipinski definition) is 9. The zero-order valence-electron chi connectivity index (χ0n) is 21.1. The van der Waals surface area contributed by atoms with Gasteiger partial charge in [-0.15, -0.1) is 0 Å². The second-order valence-corrected chi connectivity index (χ2v) is 9.52. The van der Waals surface area contributed by atoms with Gasteiger partial charge in [0.25, 0.3) is 0 Å². The van der Waals surface area contributed by atoms with E-state index in [4.69, 9.17) is 24.7 Å². The summed E-state index contributed by atoms with van der Waals surface area (Å²) in [4.78, 5) is 28.8. The van der Waals surface area contributed by atoms with Crippen LogP contribution in [0.15, 0.2) is 36.7 Å². The summed E-state index contributed by atoms with van der Waals surface area (Å²) >= 11 is 0. The molecular formula is C26H36N8O. The highest BCUT2D eigenvalue weighted by molar-refractivity contribution is 5.94. The van der Waals surface area contributed by atoms with Crippen LogP contribution in [0, 0.1) is 0 Å². The Morgan fingerprint density at radius 3 is 2.34 bits per heavy atom. The number of ether oxygens (including phenoxy) is 1.